The van der Waals surface area contributed by atoms with Crippen molar-refractivity contribution in [3.63, 3.8) is 0 Å². The summed E-state index contributed by atoms with van der Waals surface area (Å²) in [6.45, 7) is 7.40. The highest BCUT2D eigenvalue weighted by atomic mass is 35.5. The minimum absolute atomic E-state index is 0.0110. The fourth-order valence-corrected chi connectivity index (χ4v) is 6.15. The molecule has 3 atom stereocenters. The molecule has 0 spiro atoms. The minimum atomic E-state index is -1.48. The topological polar surface area (TPSA) is 188 Å². The maximum absolute atomic E-state index is 13.3. The van der Waals surface area contributed by atoms with Gasteiger partial charge in [0.05, 0.1) is 39.5 Å². The summed E-state index contributed by atoms with van der Waals surface area (Å²) in [4.78, 5) is 44.6. The van der Waals surface area contributed by atoms with Crippen LogP contribution in [0, 0.1) is 6.57 Å². The quantitative estimate of drug-likeness (QED) is 0.100. The maximum Gasteiger partial charge on any atom is 0.328 e. The van der Waals surface area contributed by atoms with Crippen molar-refractivity contribution in [2.45, 2.75) is 37.6 Å². The molecule has 1 aromatic heterocycles. The minimum Gasteiger partial charge on any atom is -0.480 e. The molecule has 1 fully saturated rings. The zero-order valence-electron chi connectivity index (χ0n) is 23.1. The summed E-state index contributed by atoms with van der Waals surface area (Å²) >= 11 is 13.1. The second-order valence-electron chi connectivity index (χ2n) is 10.6. The van der Waals surface area contributed by atoms with Gasteiger partial charge in [-0.25, -0.2) is 4.79 Å². The van der Waals surface area contributed by atoms with Gasteiger partial charge in [-0.2, -0.15) is 11.7 Å². The first-order valence-electron chi connectivity index (χ1n) is 13.6. The molecule has 0 aliphatic carbocycles. The van der Waals surface area contributed by atoms with Crippen LogP contribution in [0.4, 0.5) is 0 Å². The summed E-state index contributed by atoms with van der Waals surface area (Å²) in [5, 5.41) is 46.3. The van der Waals surface area contributed by atoms with Gasteiger partial charge in [0.1, 0.15) is 11.1 Å². The number of nitrogens with zero attached hydrogens (tertiary/aromatic N) is 5. The monoisotopic (exact) mass is 642 g/mol. The first-order chi connectivity index (χ1) is 21.0. The van der Waals surface area contributed by atoms with E-state index in [1.807, 2.05) is 6.07 Å². The first-order valence-corrected chi connectivity index (χ1v) is 14.4. The molecule has 0 bridgehead atoms. The normalized spacial score (nSPS) is 19.2. The van der Waals surface area contributed by atoms with Crippen molar-refractivity contribution in [2.24, 2.45) is 5.10 Å². The Morgan fingerprint density at radius 3 is 2.64 bits per heavy atom. The Labute approximate surface area is 261 Å². The van der Waals surface area contributed by atoms with E-state index >= 15 is 0 Å². The molecule has 230 valence electrons. The van der Waals surface area contributed by atoms with Crippen LogP contribution in [0.15, 0.2) is 35.6 Å². The van der Waals surface area contributed by atoms with Gasteiger partial charge in [0.25, 0.3) is 17.8 Å². The first kappa shape index (κ1) is 31.0. The Morgan fingerprint density at radius 2 is 1.93 bits per heavy atom. The molecule has 3 aromatic rings. The van der Waals surface area contributed by atoms with Gasteiger partial charge in [-0.15, -0.1) is 4.95 Å². The summed E-state index contributed by atoms with van der Waals surface area (Å²) in [5.41, 5.74) is 2.43. The van der Waals surface area contributed by atoms with Crippen LogP contribution in [0.3, 0.4) is 0 Å². The zero-order valence-corrected chi connectivity index (χ0v) is 24.6. The number of aliphatic hydroxyl groups is 2. The van der Waals surface area contributed by atoms with E-state index < -0.39 is 30.1 Å². The van der Waals surface area contributed by atoms with Crippen molar-refractivity contribution in [3.05, 3.63) is 74.3 Å². The molecule has 3 heterocycles. The number of guanidine groups is 1. The second-order valence-corrected chi connectivity index (χ2v) is 11.3. The van der Waals surface area contributed by atoms with E-state index in [-0.39, 0.29) is 60.1 Å². The number of fused-ring (bicyclic) bond motifs is 2. The third-order valence-corrected chi connectivity index (χ3v) is 8.24. The number of piperidine rings is 1. The van der Waals surface area contributed by atoms with Crippen LogP contribution < -0.4 is 10.6 Å². The van der Waals surface area contributed by atoms with Gasteiger partial charge in [-0.05, 0) is 35.7 Å². The molecule has 0 radical (unpaired) electrons. The molecule has 6 N–H and O–H groups in total. The lowest BCUT2D eigenvalue weighted by molar-refractivity contribution is -0.139. The smallest absolute Gasteiger partial charge is 0.328 e. The molecule has 2 aliphatic rings. The number of amides is 2. The van der Waals surface area contributed by atoms with Crippen molar-refractivity contribution in [1.29, 1.82) is 0 Å². The number of carboxylic acids is 1. The Balaban J connectivity index is 1.28. The van der Waals surface area contributed by atoms with E-state index in [9.17, 15) is 29.7 Å². The summed E-state index contributed by atoms with van der Waals surface area (Å²) in [6, 6.07) is 5.34. The average Bonchev–Trinajstić information content (AvgIpc) is 3.45. The fourth-order valence-electron chi connectivity index (χ4n) is 5.39. The van der Waals surface area contributed by atoms with Gasteiger partial charge in [0.15, 0.2) is 0 Å². The number of benzene rings is 2. The number of rotatable bonds is 6. The standard InChI is InChI=1S/C28H28Cl2N8O6/c1-31-36-28(38-12-17(39)8-18(40)13-38)32-10-22(27(43)44)34-25(41)23-20(29)6-16-11-37(5-4-19(16)24(23)30)26(42)14-2-3-15-9-33-35-21(15)7-14/h2-3,6-7,9,17-18,22,39-40H,4-5,8,10-13H2,(H,32,36)(H,33,35)(H,34,41)(H,43,44)/t17-,18-,22-/m0/s1. The fraction of sp³-hybridized carbons (Fsp3) is 0.357. The lowest BCUT2D eigenvalue weighted by atomic mass is 9.96. The number of hydrogen-bond acceptors (Lipinski definition) is 7. The highest BCUT2D eigenvalue weighted by Crippen LogP contribution is 2.35. The Hall–Kier alpha value is -4.42. The third kappa shape index (κ3) is 6.56. The number of β-amino-alcohol motifs (C(OH)–C–C–N with tert-alkyl or cyclic N) is 2. The van der Waals surface area contributed by atoms with Crippen LogP contribution in [0.1, 0.15) is 38.3 Å². The van der Waals surface area contributed by atoms with E-state index in [1.165, 1.54) is 4.90 Å². The summed E-state index contributed by atoms with van der Waals surface area (Å²) < 4.78 is 0. The van der Waals surface area contributed by atoms with Crippen molar-refractivity contribution in [2.75, 3.05) is 26.2 Å². The van der Waals surface area contributed by atoms with Gasteiger partial charge in [0, 0.05) is 50.1 Å². The lowest BCUT2D eigenvalue weighted by Gasteiger charge is -2.34. The lowest BCUT2D eigenvalue weighted by Crippen LogP contribution is -2.55. The number of aliphatic carboxylic acids is 1. The largest absolute Gasteiger partial charge is 0.480 e. The second kappa shape index (κ2) is 13.1. The van der Waals surface area contributed by atoms with Gasteiger partial charge >= 0.3 is 5.97 Å². The molecular formula is C28H28Cl2N8O6. The summed E-state index contributed by atoms with van der Waals surface area (Å²) in [6.07, 6.45) is 0.446. The van der Waals surface area contributed by atoms with Crippen molar-refractivity contribution < 1.29 is 29.7 Å². The van der Waals surface area contributed by atoms with E-state index in [2.05, 4.69) is 30.9 Å². The molecule has 44 heavy (non-hydrogen) atoms. The maximum atomic E-state index is 13.3. The zero-order chi connectivity index (χ0) is 31.5. The van der Waals surface area contributed by atoms with Gasteiger partial charge in [-0.3, -0.25) is 14.7 Å². The molecule has 14 nitrogen and oxygen atoms in total. The summed E-state index contributed by atoms with van der Waals surface area (Å²) in [5.74, 6) is -2.44. The van der Waals surface area contributed by atoms with Crippen LogP contribution in [0.25, 0.3) is 15.9 Å². The van der Waals surface area contributed by atoms with E-state index in [0.717, 1.165) is 10.9 Å². The number of aromatic nitrogens is 2. The number of aliphatic hydroxyl groups excluding tert-OH is 2. The van der Waals surface area contributed by atoms with Crippen molar-refractivity contribution in [1.82, 2.24) is 30.6 Å². The number of carbonyl (C=O) groups excluding carboxylic acids is 2. The SMILES string of the molecule is [C-]#[N+]/N=C(\NC[C@H](NC(=O)c1c(Cl)cc2c(c1Cl)CCN(C(=O)c1ccc3cn[nH]c3c1)C2)C(=O)O)N1C[C@@H](O)C[C@H](O)C1. The molecule has 5 rings (SSSR count). The number of carboxylic acid groups (broad SMARTS) is 1. The third-order valence-electron chi connectivity index (χ3n) is 7.53. The molecule has 2 aromatic carbocycles. The molecule has 1 saturated heterocycles. The van der Waals surface area contributed by atoms with Crippen LogP contribution in [0.2, 0.25) is 10.0 Å². The van der Waals surface area contributed by atoms with Crippen molar-refractivity contribution in [3.8, 4) is 0 Å². The molecule has 0 saturated carbocycles. The van der Waals surface area contributed by atoms with E-state index in [0.29, 0.717) is 29.7 Å². The predicted octanol–water partition coefficient (Wildman–Crippen LogP) is 1.46. The van der Waals surface area contributed by atoms with Crippen molar-refractivity contribution >= 4 is 57.8 Å². The highest BCUT2D eigenvalue weighted by molar-refractivity contribution is 6.40. The van der Waals surface area contributed by atoms with Gasteiger partial charge < -0.3 is 35.8 Å². The van der Waals surface area contributed by atoms with Crippen LogP contribution >= 0.6 is 23.2 Å². The predicted molar refractivity (Wildman–Crippen MR) is 160 cm³/mol. The number of hydrogen-bond donors (Lipinski definition) is 6. The number of H-pyrrole nitrogens is 1. The average molecular weight is 643 g/mol. The molecular weight excluding hydrogens is 615 g/mol. The van der Waals surface area contributed by atoms with Crippen LogP contribution in [0.5, 0.6) is 0 Å². The van der Waals surface area contributed by atoms with E-state index in [1.54, 1.807) is 29.3 Å². The number of aromatic amines is 1. The van der Waals surface area contributed by atoms with Gasteiger partial charge in [0.2, 0.25) is 0 Å². The highest BCUT2D eigenvalue weighted by Gasteiger charge is 2.32. The Morgan fingerprint density at radius 1 is 1.18 bits per heavy atom. The van der Waals surface area contributed by atoms with E-state index in [4.69, 9.17) is 29.8 Å². The molecule has 2 amide bonds. The molecule has 0 unspecified atom stereocenters. The number of likely N-dealkylation sites (tertiary alicyclic amines) is 1. The number of carbonyl (C=O) groups is 3. The Bertz CT molecular complexity index is 1680. The Kier molecular flexibility index (Phi) is 9.21. The van der Waals surface area contributed by atoms with Gasteiger partial charge in [-0.1, -0.05) is 29.3 Å². The number of halogens is 2. The molecule has 16 heteroatoms. The molecule has 2 aliphatic heterocycles. The number of nitrogens with one attached hydrogen (secondary N) is 3. The van der Waals surface area contributed by atoms with Crippen LogP contribution in [-0.2, 0) is 17.8 Å². The van der Waals surface area contributed by atoms with Crippen LogP contribution in [-0.4, -0.2) is 103 Å². The summed E-state index contributed by atoms with van der Waals surface area (Å²) in [7, 11) is 0.